The van der Waals surface area contributed by atoms with Gasteiger partial charge in [0.05, 0.1) is 17.0 Å². The van der Waals surface area contributed by atoms with Crippen LogP contribution >= 0.6 is 0 Å². The molecule has 1 aliphatic heterocycles. The van der Waals surface area contributed by atoms with Crippen LogP contribution in [0.2, 0.25) is 0 Å². The number of carbonyl (C=O) groups excluding carboxylic acids is 1. The second kappa shape index (κ2) is 14.4. The van der Waals surface area contributed by atoms with Gasteiger partial charge >= 0.3 is 24.4 Å². The highest BCUT2D eigenvalue weighted by molar-refractivity contribution is 5.74. The number of carbonyl (C=O) groups is 2. The highest BCUT2D eigenvalue weighted by Gasteiger charge is 2.37. The third-order valence-corrected chi connectivity index (χ3v) is 7.73. The Kier molecular flexibility index (Phi) is 11.4. The van der Waals surface area contributed by atoms with Crippen molar-refractivity contribution in [3.05, 3.63) is 70.5 Å². The van der Waals surface area contributed by atoms with E-state index in [-0.39, 0.29) is 23.4 Å². The van der Waals surface area contributed by atoms with Crippen LogP contribution in [0.3, 0.4) is 0 Å². The lowest BCUT2D eigenvalue weighted by Crippen LogP contribution is -2.52. The molecule has 2 fully saturated rings. The van der Waals surface area contributed by atoms with Gasteiger partial charge in [-0.1, -0.05) is 12.1 Å². The molecule has 1 saturated heterocycles. The summed E-state index contributed by atoms with van der Waals surface area (Å²) >= 11 is 0. The van der Waals surface area contributed by atoms with E-state index < -0.39 is 42.0 Å². The van der Waals surface area contributed by atoms with Crippen LogP contribution in [0, 0.1) is 24.6 Å². The van der Waals surface area contributed by atoms with E-state index in [0.717, 1.165) is 29.8 Å². The topological polar surface area (TPSA) is 64.1 Å². The average Bonchev–Trinajstić information content (AvgIpc) is 2.92. The van der Waals surface area contributed by atoms with Gasteiger partial charge in [-0.3, -0.25) is 9.69 Å². The molecule has 6 nitrogen and oxygen atoms in total. The third kappa shape index (κ3) is 10.4. The fourth-order valence-electron chi connectivity index (χ4n) is 5.38. The van der Waals surface area contributed by atoms with Gasteiger partial charge in [0.2, 0.25) is 0 Å². The van der Waals surface area contributed by atoms with E-state index in [2.05, 4.69) is 4.90 Å². The van der Waals surface area contributed by atoms with Crippen LogP contribution in [0.4, 0.5) is 35.5 Å². The van der Waals surface area contributed by atoms with E-state index in [1.54, 1.807) is 6.07 Å². The van der Waals surface area contributed by atoms with Gasteiger partial charge < -0.3 is 14.9 Å². The van der Waals surface area contributed by atoms with Crippen LogP contribution in [-0.2, 0) is 23.7 Å². The summed E-state index contributed by atoms with van der Waals surface area (Å²) < 4.78 is 90.7. The van der Waals surface area contributed by atoms with E-state index in [9.17, 15) is 40.3 Å². The number of benzene rings is 2. The Morgan fingerprint density at radius 1 is 0.884 bits per heavy atom. The maximum absolute atomic E-state index is 13.1. The summed E-state index contributed by atoms with van der Waals surface area (Å²) in [6.45, 7) is 4.27. The Labute approximate surface area is 246 Å². The molecule has 238 valence electrons. The van der Waals surface area contributed by atoms with E-state index >= 15 is 0 Å². The molecule has 2 aromatic carbocycles. The van der Waals surface area contributed by atoms with Crippen LogP contribution in [0.25, 0.3) is 0 Å². The smallest absolute Gasteiger partial charge is 0.416 e. The molecule has 2 aromatic rings. The van der Waals surface area contributed by atoms with Crippen LogP contribution in [-0.4, -0.2) is 71.6 Å². The first-order valence-electron chi connectivity index (χ1n) is 14.0. The van der Waals surface area contributed by atoms with Gasteiger partial charge in [0.25, 0.3) is 0 Å². The number of aryl methyl sites for hydroxylation is 1. The van der Waals surface area contributed by atoms with Crippen molar-refractivity contribution in [3.8, 4) is 0 Å². The predicted molar refractivity (Wildman–Crippen MR) is 146 cm³/mol. The first-order chi connectivity index (χ1) is 20.0. The lowest BCUT2D eigenvalue weighted by molar-refractivity contribution is -0.144. The zero-order valence-electron chi connectivity index (χ0n) is 24.0. The number of alkyl halides is 6. The fourth-order valence-corrected chi connectivity index (χ4v) is 5.38. The number of hydrogen-bond donors (Lipinski definition) is 1. The van der Waals surface area contributed by atoms with Gasteiger partial charge in [0.15, 0.2) is 0 Å². The van der Waals surface area contributed by atoms with Crippen LogP contribution < -0.4 is 0 Å². The van der Waals surface area contributed by atoms with E-state index in [1.165, 1.54) is 24.1 Å². The fraction of sp³-hybridized carbons (Fsp3) is 0.533. The van der Waals surface area contributed by atoms with E-state index in [1.807, 2.05) is 13.0 Å². The molecular formula is C30H36F7N3O3. The zero-order chi connectivity index (χ0) is 31.9. The van der Waals surface area contributed by atoms with Gasteiger partial charge in [0, 0.05) is 46.3 Å². The molecule has 1 saturated carbocycles. The first-order valence-corrected chi connectivity index (χ1v) is 14.0. The molecule has 1 N–H and O–H groups in total. The Morgan fingerprint density at radius 2 is 1.44 bits per heavy atom. The minimum Gasteiger partial charge on any atom is -0.481 e. The molecule has 43 heavy (non-hydrogen) atoms. The summed E-state index contributed by atoms with van der Waals surface area (Å²) in [5, 5.41) is 9.11. The lowest BCUT2D eigenvalue weighted by atomic mass is 9.82. The molecule has 4 rings (SSSR count). The number of rotatable bonds is 5. The van der Waals surface area contributed by atoms with Crippen molar-refractivity contribution in [1.82, 2.24) is 14.7 Å². The molecule has 0 unspecified atom stereocenters. The Bertz CT molecular complexity index is 1190. The molecule has 0 aromatic heterocycles. The van der Waals surface area contributed by atoms with Crippen molar-refractivity contribution in [1.29, 1.82) is 0 Å². The molecule has 13 heteroatoms. The molecular weight excluding hydrogens is 583 g/mol. The summed E-state index contributed by atoms with van der Waals surface area (Å²) in [6, 6.07) is 7.38. The molecule has 1 heterocycles. The number of piperazine rings is 1. The number of carboxylic acids is 1. The van der Waals surface area contributed by atoms with Crippen molar-refractivity contribution in [3.63, 3.8) is 0 Å². The van der Waals surface area contributed by atoms with Crippen LogP contribution in [0.15, 0.2) is 42.5 Å². The predicted octanol–water partition coefficient (Wildman–Crippen LogP) is 6.92. The number of aliphatic carboxylic acids is 1. The molecule has 0 bridgehead atoms. The normalized spacial score (nSPS) is 19.8. The molecule has 2 amide bonds. The van der Waals surface area contributed by atoms with Crippen molar-refractivity contribution in [2.75, 3.05) is 39.8 Å². The monoisotopic (exact) mass is 619 g/mol. The highest BCUT2D eigenvalue weighted by atomic mass is 19.4. The Balaban J connectivity index is 0.000000546. The molecule has 0 spiro atoms. The summed E-state index contributed by atoms with van der Waals surface area (Å²) in [5.41, 5.74) is -2.10. The van der Waals surface area contributed by atoms with Gasteiger partial charge in [-0.05, 0) is 80.0 Å². The number of urea groups is 1. The maximum atomic E-state index is 13.1. The van der Waals surface area contributed by atoms with Gasteiger partial charge in [0.1, 0.15) is 5.82 Å². The SMILES string of the molecule is CN(Cc1cc(C(F)(F)F)cc(C(F)(F)F)c1)C(=O)N1CCN(CC2CCC(C(=O)O)CC2)CC1.Cc1cccc(F)c1. The zero-order valence-corrected chi connectivity index (χ0v) is 24.0. The molecule has 0 atom stereocenters. The van der Waals surface area contributed by atoms with Crippen molar-refractivity contribution >= 4 is 12.0 Å². The Morgan fingerprint density at radius 3 is 1.88 bits per heavy atom. The second-order valence-electron chi connectivity index (χ2n) is 11.2. The summed E-state index contributed by atoms with van der Waals surface area (Å²) in [4.78, 5) is 28.8. The molecule has 2 aliphatic rings. The highest BCUT2D eigenvalue weighted by Crippen LogP contribution is 2.36. The summed E-state index contributed by atoms with van der Waals surface area (Å²) in [6.07, 6.45) is -6.88. The molecule has 0 radical (unpaired) electrons. The van der Waals surface area contributed by atoms with Crippen molar-refractivity contribution in [2.24, 2.45) is 11.8 Å². The van der Waals surface area contributed by atoms with Crippen LogP contribution in [0.1, 0.15) is 47.9 Å². The number of halogens is 7. The number of amides is 2. The van der Waals surface area contributed by atoms with Gasteiger partial charge in [-0.15, -0.1) is 0 Å². The number of hydrogen-bond acceptors (Lipinski definition) is 3. The quantitative estimate of drug-likeness (QED) is 0.369. The minimum absolute atomic E-state index is 0.0681. The minimum atomic E-state index is -4.94. The third-order valence-electron chi connectivity index (χ3n) is 7.73. The number of carboxylic acid groups (broad SMARTS) is 1. The standard InChI is InChI=1S/C23H29F6N3O3.C7H7F/c1-30(13-16-10-18(22(24,25)26)12-19(11-16)23(27,28)29)21(35)32-8-6-31(7-9-32)14-15-2-4-17(5-3-15)20(33)34;1-6-3-2-4-7(8)5-6/h10-12,15,17H,2-9,13-14H2,1H3,(H,33,34);2-5H,1H3. The van der Waals surface area contributed by atoms with Crippen molar-refractivity contribution in [2.45, 2.75) is 51.5 Å². The van der Waals surface area contributed by atoms with Crippen molar-refractivity contribution < 1.29 is 45.4 Å². The Hall–Kier alpha value is -3.35. The lowest BCUT2D eigenvalue weighted by Gasteiger charge is -2.39. The molecule has 1 aliphatic carbocycles. The summed E-state index contributed by atoms with van der Waals surface area (Å²) in [7, 11) is 1.35. The second-order valence-corrected chi connectivity index (χ2v) is 11.2. The van der Waals surface area contributed by atoms with Crippen LogP contribution in [0.5, 0.6) is 0 Å². The van der Waals surface area contributed by atoms with Gasteiger partial charge in [-0.2, -0.15) is 26.3 Å². The van der Waals surface area contributed by atoms with E-state index in [4.69, 9.17) is 5.11 Å². The maximum Gasteiger partial charge on any atom is 0.416 e. The summed E-state index contributed by atoms with van der Waals surface area (Å²) in [5.74, 6) is -0.788. The average molecular weight is 620 g/mol. The largest absolute Gasteiger partial charge is 0.481 e. The van der Waals surface area contributed by atoms with Gasteiger partial charge in [-0.25, -0.2) is 9.18 Å². The number of nitrogens with zero attached hydrogens (tertiary/aromatic N) is 3. The van der Waals surface area contributed by atoms with E-state index in [0.29, 0.717) is 57.1 Å². The first kappa shape index (κ1) is 34.1.